The van der Waals surface area contributed by atoms with Crippen LogP contribution in [0.5, 0.6) is 0 Å². The smallest absolute Gasteiger partial charge is 0.200 e. The Hall–Kier alpha value is -4.60. The van der Waals surface area contributed by atoms with Crippen LogP contribution in [0.1, 0.15) is 33.4 Å². The zero-order chi connectivity index (χ0) is 29.1. The van der Waals surface area contributed by atoms with Gasteiger partial charge in [0.25, 0.3) is 0 Å². The number of benzene rings is 4. The summed E-state index contributed by atoms with van der Waals surface area (Å²) >= 11 is 0. The van der Waals surface area contributed by atoms with Crippen molar-refractivity contribution in [1.82, 2.24) is 0 Å². The molecule has 40 heavy (non-hydrogen) atoms. The van der Waals surface area contributed by atoms with Gasteiger partial charge in [-0.25, -0.2) is 43.9 Å². The van der Waals surface area contributed by atoms with Gasteiger partial charge in [-0.1, -0.05) is 72.8 Å². The fourth-order valence-electron chi connectivity index (χ4n) is 3.52. The lowest BCUT2D eigenvalue weighted by Gasteiger charge is -2.04. The number of hydrogen-bond acceptors (Lipinski definition) is 0. The van der Waals surface area contributed by atoms with Gasteiger partial charge in [0.2, 0.25) is 11.6 Å². The summed E-state index contributed by atoms with van der Waals surface area (Å²) in [6.07, 6.45) is 7.34. The fraction of sp³-hybridized carbons (Fsp3) is 0. The molecule has 4 rings (SSSR count). The third-order valence-corrected chi connectivity index (χ3v) is 5.71. The average Bonchev–Trinajstić information content (AvgIpc) is 2.97. The third kappa shape index (κ3) is 5.70. The molecule has 4 aromatic carbocycles. The molecule has 0 saturated heterocycles. The molecule has 0 aliphatic heterocycles. The molecule has 0 spiro atoms. The Bertz CT molecular complexity index is 1480. The van der Waals surface area contributed by atoms with Gasteiger partial charge in [-0.3, -0.25) is 0 Å². The van der Waals surface area contributed by atoms with E-state index in [0.29, 0.717) is 22.3 Å². The number of rotatable bonds is 6. The zero-order valence-electron chi connectivity index (χ0n) is 19.9. The Morgan fingerprint density at radius 3 is 0.650 bits per heavy atom. The van der Waals surface area contributed by atoms with Crippen LogP contribution in [-0.2, 0) is 0 Å². The lowest BCUT2D eigenvalue weighted by atomic mass is 10.1. The van der Waals surface area contributed by atoms with E-state index < -0.39 is 69.3 Å². The quantitative estimate of drug-likeness (QED) is 0.0947. The van der Waals surface area contributed by atoms with Crippen LogP contribution in [0.3, 0.4) is 0 Å². The summed E-state index contributed by atoms with van der Waals surface area (Å²) in [7, 11) is 0. The molecule has 0 aromatic heterocycles. The first-order chi connectivity index (χ1) is 19.0. The summed E-state index contributed by atoms with van der Waals surface area (Å²) in [6, 6.07) is 12.7. The Morgan fingerprint density at radius 1 is 0.250 bits per heavy atom. The van der Waals surface area contributed by atoms with E-state index in [1.807, 2.05) is 0 Å². The monoisotopic (exact) mass is 564 g/mol. The molecular formula is C30H14F10. The average molecular weight is 564 g/mol. The standard InChI is InChI=1S/C30H14F10/c31-21-19(22(32)26(36)29(39)25(21)35)13-11-17-7-3-15(4-8-17)1-2-16-5-9-18(10-6-16)12-14-20-23(33)27(37)30(40)28(38)24(20)34/h1-14H/b2-1+,13-11+,14-12+. The van der Waals surface area contributed by atoms with Crippen molar-refractivity contribution in [2.24, 2.45) is 0 Å². The predicted molar refractivity (Wildman–Crippen MR) is 132 cm³/mol. The third-order valence-electron chi connectivity index (χ3n) is 5.71. The molecule has 0 unspecified atom stereocenters. The van der Waals surface area contributed by atoms with Gasteiger partial charge in [0.15, 0.2) is 46.5 Å². The highest BCUT2D eigenvalue weighted by Crippen LogP contribution is 2.26. The summed E-state index contributed by atoms with van der Waals surface area (Å²) in [4.78, 5) is 0. The lowest BCUT2D eigenvalue weighted by molar-refractivity contribution is 0.377. The lowest BCUT2D eigenvalue weighted by Crippen LogP contribution is -2.03. The molecule has 0 nitrogen and oxygen atoms in total. The maximum Gasteiger partial charge on any atom is 0.200 e. The maximum absolute atomic E-state index is 13.8. The van der Waals surface area contributed by atoms with Crippen molar-refractivity contribution in [2.75, 3.05) is 0 Å². The molecule has 0 fully saturated rings. The highest BCUT2D eigenvalue weighted by Gasteiger charge is 2.25. The number of halogens is 10. The Morgan fingerprint density at radius 2 is 0.425 bits per heavy atom. The van der Waals surface area contributed by atoms with Gasteiger partial charge >= 0.3 is 0 Å². The van der Waals surface area contributed by atoms with Crippen LogP contribution >= 0.6 is 0 Å². The fourth-order valence-corrected chi connectivity index (χ4v) is 3.52. The van der Waals surface area contributed by atoms with Crippen LogP contribution in [-0.4, -0.2) is 0 Å². The SMILES string of the molecule is Fc1c(F)c(F)c(/C=C/c2ccc(/C=C/c3ccc(/C=C/c4c(F)c(F)c(F)c(F)c4F)cc3)cc2)c(F)c1F. The van der Waals surface area contributed by atoms with E-state index in [1.165, 1.54) is 12.2 Å². The Kier molecular flexibility index (Phi) is 8.27. The molecular weight excluding hydrogens is 550 g/mol. The van der Waals surface area contributed by atoms with Crippen LogP contribution in [0, 0.1) is 58.2 Å². The van der Waals surface area contributed by atoms with E-state index in [4.69, 9.17) is 0 Å². The van der Waals surface area contributed by atoms with Gasteiger partial charge in [0, 0.05) is 0 Å². The highest BCUT2D eigenvalue weighted by atomic mass is 19.2. The molecule has 0 bridgehead atoms. The van der Waals surface area contributed by atoms with Gasteiger partial charge in [-0.05, 0) is 34.4 Å². The molecule has 0 aliphatic carbocycles. The van der Waals surface area contributed by atoms with Crippen LogP contribution < -0.4 is 0 Å². The second kappa shape index (κ2) is 11.6. The van der Waals surface area contributed by atoms with Gasteiger partial charge < -0.3 is 0 Å². The summed E-state index contributed by atoms with van der Waals surface area (Å²) in [5, 5.41) is 0. The van der Waals surface area contributed by atoms with Gasteiger partial charge in [-0.15, -0.1) is 0 Å². The second-order valence-electron chi connectivity index (χ2n) is 8.30. The molecule has 0 atom stereocenters. The molecule has 10 heteroatoms. The van der Waals surface area contributed by atoms with Crippen molar-refractivity contribution in [2.45, 2.75) is 0 Å². The van der Waals surface area contributed by atoms with Crippen LogP contribution in [0.4, 0.5) is 43.9 Å². The van der Waals surface area contributed by atoms with E-state index in [9.17, 15) is 43.9 Å². The minimum Gasteiger partial charge on any atom is -0.203 e. The highest BCUT2D eigenvalue weighted by molar-refractivity contribution is 5.75. The summed E-state index contributed by atoms with van der Waals surface area (Å²) in [5.41, 5.74) is 0.112. The topological polar surface area (TPSA) is 0 Å². The van der Waals surface area contributed by atoms with Gasteiger partial charge in [-0.2, -0.15) is 0 Å². The Balaban J connectivity index is 1.44. The molecule has 0 N–H and O–H groups in total. The normalized spacial score (nSPS) is 11.9. The predicted octanol–water partition coefficient (Wildman–Crippen LogP) is 9.59. The molecule has 0 aliphatic rings. The van der Waals surface area contributed by atoms with Crippen molar-refractivity contribution in [1.29, 1.82) is 0 Å². The van der Waals surface area contributed by atoms with Gasteiger partial charge in [0.1, 0.15) is 0 Å². The summed E-state index contributed by atoms with van der Waals surface area (Å²) < 4.78 is 135. The van der Waals surface area contributed by atoms with E-state index in [-0.39, 0.29) is 0 Å². The largest absolute Gasteiger partial charge is 0.203 e. The van der Waals surface area contributed by atoms with E-state index >= 15 is 0 Å². The zero-order valence-corrected chi connectivity index (χ0v) is 19.9. The molecule has 0 heterocycles. The van der Waals surface area contributed by atoms with Crippen molar-refractivity contribution in [3.63, 3.8) is 0 Å². The van der Waals surface area contributed by atoms with Gasteiger partial charge in [0.05, 0.1) is 11.1 Å². The maximum atomic E-state index is 13.8. The minimum atomic E-state index is -2.24. The van der Waals surface area contributed by atoms with E-state index in [1.54, 1.807) is 60.7 Å². The molecule has 0 radical (unpaired) electrons. The molecule has 0 amide bonds. The molecule has 0 saturated carbocycles. The summed E-state index contributed by atoms with van der Waals surface area (Å²) in [5.74, 6) is -20.4. The molecule has 204 valence electrons. The first-order valence-electron chi connectivity index (χ1n) is 11.3. The second-order valence-corrected chi connectivity index (χ2v) is 8.30. The van der Waals surface area contributed by atoms with Crippen molar-refractivity contribution < 1.29 is 43.9 Å². The van der Waals surface area contributed by atoms with Crippen molar-refractivity contribution in [3.05, 3.63) is 140 Å². The minimum absolute atomic E-state index is 0.422. The van der Waals surface area contributed by atoms with Crippen LogP contribution in [0.2, 0.25) is 0 Å². The molecule has 4 aromatic rings. The van der Waals surface area contributed by atoms with Crippen LogP contribution in [0.25, 0.3) is 36.5 Å². The Labute approximate surface area is 220 Å². The van der Waals surface area contributed by atoms with Crippen molar-refractivity contribution in [3.8, 4) is 0 Å². The van der Waals surface area contributed by atoms with Crippen molar-refractivity contribution >= 4 is 36.5 Å². The van der Waals surface area contributed by atoms with E-state index in [0.717, 1.165) is 12.2 Å². The van der Waals surface area contributed by atoms with E-state index in [2.05, 4.69) is 0 Å². The first-order valence-corrected chi connectivity index (χ1v) is 11.3. The van der Waals surface area contributed by atoms with Crippen LogP contribution in [0.15, 0.2) is 48.5 Å². The first kappa shape index (κ1) is 28.4. The summed E-state index contributed by atoms with van der Waals surface area (Å²) in [6.45, 7) is 0. The number of hydrogen-bond donors (Lipinski definition) is 0.